The number of anilines is 3. The largest absolute Gasteiger partial charge is 0.326 e. The summed E-state index contributed by atoms with van der Waals surface area (Å²) in [7, 11) is 0. The Labute approximate surface area is 165 Å². The van der Waals surface area contributed by atoms with Gasteiger partial charge in [-0.1, -0.05) is 6.07 Å². The molecule has 0 saturated heterocycles. The number of rotatable bonds is 4. The number of carbonyl (C=O) groups excluding carboxylic acids is 1. The van der Waals surface area contributed by atoms with Crippen LogP contribution >= 0.6 is 0 Å². The maximum absolute atomic E-state index is 12.4. The topological polar surface area (TPSA) is 118 Å². The van der Waals surface area contributed by atoms with Gasteiger partial charge in [0.25, 0.3) is 5.56 Å². The Bertz CT molecular complexity index is 1270. The third-order valence-corrected chi connectivity index (χ3v) is 4.23. The van der Waals surface area contributed by atoms with Crippen molar-refractivity contribution < 1.29 is 4.79 Å². The fourth-order valence-corrected chi connectivity index (χ4v) is 3.14. The van der Waals surface area contributed by atoms with Crippen molar-refractivity contribution in [1.29, 1.82) is 0 Å². The highest BCUT2D eigenvalue weighted by atomic mass is 16.1. The number of amides is 1. The molecule has 0 aliphatic rings. The standard InChI is InChI=1S/C20H19N7O2/c1-11-7-19(23-12(2)22-11)25-18-9-17-16(10-21-18)20(29)26-27(17)15-6-4-5-14(8-15)24-13(3)28/h4-10H,1-3H3,(H,24,28)(H,26,29)(H,21,22,23,25). The molecular formula is C20H19N7O2. The molecule has 9 nitrogen and oxygen atoms in total. The van der Waals surface area contributed by atoms with Gasteiger partial charge in [0.15, 0.2) is 0 Å². The van der Waals surface area contributed by atoms with Crippen LogP contribution in [0.5, 0.6) is 0 Å². The Hall–Kier alpha value is -4.01. The Morgan fingerprint density at radius 3 is 2.69 bits per heavy atom. The highest BCUT2D eigenvalue weighted by Gasteiger charge is 2.11. The van der Waals surface area contributed by atoms with Crippen molar-refractivity contribution in [3.8, 4) is 5.69 Å². The molecule has 29 heavy (non-hydrogen) atoms. The smallest absolute Gasteiger partial charge is 0.273 e. The van der Waals surface area contributed by atoms with Gasteiger partial charge in [0, 0.05) is 36.6 Å². The van der Waals surface area contributed by atoms with E-state index in [0.717, 1.165) is 5.69 Å². The molecule has 4 aromatic rings. The van der Waals surface area contributed by atoms with E-state index < -0.39 is 0 Å². The predicted molar refractivity (Wildman–Crippen MR) is 111 cm³/mol. The number of H-pyrrole nitrogens is 1. The second-order valence-electron chi connectivity index (χ2n) is 6.66. The van der Waals surface area contributed by atoms with Gasteiger partial charge in [0.05, 0.1) is 16.6 Å². The third-order valence-electron chi connectivity index (χ3n) is 4.23. The first-order chi connectivity index (χ1) is 13.9. The van der Waals surface area contributed by atoms with Crippen LogP contribution in [0.4, 0.5) is 17.3 Å². The summed E-state index contributed by atoms with van der Waals surface area (Å²) in [6.45, 7) is 5.16. The fourth-order valence-electron chi connectivity index (χ4n) is 3.14. The Morgan fingerprint density at radius 2 is 1.93 bits per heavy atom. The number of nitrogens with one attached hydrogen (secondary N) is 3. The second-order valence-corrected chi connectivity index (χ2v) is 6.66. The monoisotopic (exact) mass is 389 g/mol. The van der Waals surface area contributed by atoms with Crippen LogP contribution in [-0.4, -0.2) is 30.6 Å². The molecule has 3 N–H and O–H groups in total. The average molecular weight is 389 g/mol. The van der Waals surface area contributed by atoms with Crippen molar-refractivity contribution in [1.82, 2.24) is 24.7 Å². The minimum absolute atomic E-state index is 0.167. The predicted octanol–water partition coefficient (Wildman–Crippen LogP) is 2.82. The molecule has 146 valence electrons. The molecule has 3 aromatic heterocycles. The van der Waals surface area contributed by atoms with Gasteiger partial charge >= 0.3 is 0 Å². The van der Waals surface area contributed by atoms with Crippen LogP contribution in [0.3, 0.4) is 0 Å². The summed E-state index contributed by atoms with van der Waals surface area (Å²) < 4.78 is 1.66. The van der Waals surface area contributed by atoms with Gasteiger partial charge in [0.2, 0.25) is 5.91 Å². The third kappa shape index (κ3) is 3.84. The summed E-state index contributed by atoms with van der Waals surface area (Å²) in [5.41, 5.74) is 2.58. The zero-order chi connectivity index (χ0) is 20.5. The maximum atomic E-state index is 12.4. The maximum Gasteiger partial charge on any atom is 0.273 e. The van der Waals surface area contributed by atoms with E-state index in [1.54, 1.807) is 28.9 Å². The van der Waals surface area contributed by atoms with E-state index in [9.17, 15) is 9.59 Å². The summed E-state index contributed by atoms with van der Waals surface area (Å²) in [6.07, 6.45) is 1.52. The van der Waals surface area contributed by atoms with Gasteiger partial charge in [-0.3, -0.25) is 19.4 Å². The first-order valence-corrected chi connectivity index (χ1v) is 8.97. The number of pyridine rings is 1. The van der Waals surface area contributed by atoms with Crippen molar-refractivity contribution >= 4 is 34.1 Å². The van der Waals surface area contributed by atoms with Crippen LogP contribution in [0.15, 0.2) is 47.4 Å². The summed E-state index contributed by atoms with van der Waals surface area (Å²) in [5.74, 6) is 1.65. The second kappa shape index (κ2) is 7.19. The summed E-state index contributed by atoms with van der Waals surface area (Å²) in [4.78, 5) is 36.6. The van der Waals surface area contributed by atoms with Crippen molar-refractivity contribution in [3.05, 3.63) is 64.5 Å². The lowest BCUT2D eigenvalue weighted by atomic mass is 10.2. The number of aromatic amines is 1. The van der Waals surface area contributed by atoms with Crippen molar-refractivity contribution in [2.45, 2.75) is 20.8 Å². The van der Waals surface area contributed by atoms with E-state index in [-0.39, 0.29) is 11.5 Å². The van der Waals surface area contributed by atoms with Crippen molar-refractivity contribution in [3.63, 3.8) is 0 Å². The van der Waals surface area contributed by atoms with Crippen LogP contribution in [0.25, 0.3) is 16.6 Å². The molecule has 1 aromatic carbocycles. The van der Waals surface area contributed by atoms with Crippen LogP contribution in [-0.2, 0) is 4.79 Å². The summed E-state index contributed by atoms with van der Waals surface area (Å²) in [5, 5.41) is 9.16. The van der Waals surface area contributed by atoms with Gasteiger partial charge in [0.1, 0.15) is 17.5 Å². The minimum atomic E-state index is -0.252. The summed E-state index contributed by atoms with van der Waals surface area (Å²) >= 11 is 0. The van der Waals surface area contributed by atoms with Crippen LogP contribution in [0.2, 0.25) is 0 Å². The number of fused-ring (bicyclic) bond motifs is 1. The number of aryl methyl sites for hydroxylation is 2. The molecule has 4 rings (SSSR count). The van der Waals surface area contributed by atoms with Gasteiger partial charge in [-0.05, 0) is 32.0 Å². The molecule has 0 atom stereocenters. The van der Waals surface area contributed by atoms with E-state index in [4.69, 9.17) is 0 Å². The number of carbonyl (C=O) groups is 1. The fraction of sp³-hybridized carbons (Fsp3) is 0.150. The molecule has 0 unspecified atom stereocenters. The lowest BCUT2D eigenvalue weighted by Gasteiger charge is -2.09. The molecule has 0 aliphatic heterocycles. The molecule has 0 saturated carbocycles. The number of hydrogen-bond acceptors (Lipinski definition) is 6. The highest BCUT2D eigenvalue weighted by molar-refractivity contribution is 5.89. The van der Waals surface area contributed by atoms with E-state index in [0.29, 0.717) is 39.7 Å². The number of hydrogen-bond donors (Lipinski definition) is 3. The van der Waals surface area contributed by atoms with Gasteiger partial charge < -0.3 is 10.6 Å². The quantitative estimate of drug-likeness (QED) is 0.494. The van der Waals surface area contributed by atoms with Crippen molar-refractivity contribution in [2.24, 2.45) is 0 Å². The Balaban J connectivity index is 1.77. The molecule has 0 bridgehead atoms. The highest BCUT2D eigenvalue weighted by Crippen LogP contribution is 2.22. The first kappa shape index (κ1) is 18.4. The zero-order valence-electron chi connectivity index (χ0n) is 16.1. The Morgan fingerprint density at radius 1 is 1.10 bits per heavy atom. The molecule has 0 radical (unpaired) electrons. The van der Waals surface area contributed by atoms with Gasteiger partial charge in [-0.15, -0.1) is 0 Å². The molecular weight excluding hydrogens is 370 g/mol. The van der Waals surface area contributed by atoms with E-state index in [1.165, 1.54) is 13.1 Å². The molecule has 0 fully saturated rings. The van der Waals surface area contributed by atoms with Crippen molar-refractivity contribution in [2.75, 3.05) is 10.6 Å². The van der Waals surface area contributed by atoms with Crippen LogP contribution in [0, 0.1) is 13.8 Å². The van der Waals surface area contributed by atoms with E-state index in [2.05, 4.69) is 30.7 Å². The number of nitrogens with zero attached hydrogens (tertiary/aromatic N) is 4. The molecule has 3 heterocycles. The van der Waals surface area contributed by atoms with Crippen LogP contribution in [0.1, 0.15) is 18.4 Å². The number of benzene rings is 1. The Kier molecular flexibility index (Phi) is 4.55. The van der Waals surface area contributed by atoms with E-state index >= 15 is 0 Å². The lowest BCUT2D eigenvalue weighted by molar-refractivity contribution is -0.114. The molecule has 0 spiro atoms. The summed E-state index contributed by atoms with van der Waals surface area (Å²) in [6, 6.07) is 10.8. The molecule has 0 aliphatic carbocycles. The average Bonchev–Trinajstić information content (AvgIpc) is 2.97. The van der Waals surface area contributed by atoms with E-state index in [1.807, 2.05) is 26.0 Å². The normalized spacial score (nSPS) is 10.9. The first-order valence-electron chi connectivity index (χ1n) is 8.97. The lowest BCUT2D eigenvalue weighted by Crippen LogP contribution is -2.07. The van der Waals surface area contributed by atoms with Gasteiger partial charge in [-0.25, -0.2) is 15.0 Å². The molecule has 1 amide bonds. The van der Waals surface area contributed by atoms with Crippen LogP contribution < -0.4 is 16.2 Å². The zero-order valence-corrected chi connectivity index (χ0v) is 16.1. The minimum Gasteiger partial charge on any atom is -0.326 e. The number of aromatic nitrogens is 5. The SMILES string of the molecule is CC(=O)Nc1cccc(-n2[nH]c(=O)c3cnc(Nc4cc(C)nc(C)n4)cc32)c1. The molecule has 9 heteroatoms. The van der Waals surface area contributed by atoms with Gasteiger partial charge in [-0.2, -0.15) is 0 Å².